The number of carbonyl (C=O) groups is 2. The van der Waals surface area contributed by atoms with Crippen molar-refractivity contribution in [1.29, 1.82) is 0 Å². The smallest absolute Gasteiger partial charge is 0.228 e. The Morgan fingerprint density at radius 3 is 2.21 bits per heavy atom. The molecule has 1 aliphatic rings. The average molecular weight is 209 g/mol. The quantitative estimate of drug-likeness (QED) is 0.565. The van der Waals surface area contributed by atoms with Gasteiger partial charge in [-0.1, -0.05) is 11.6 Å². The third-order valence-corrected chi connectivity index (χ3v) is 2.53. The minimum absolute atomic E-state index is 0.0156. The number of rotatable bonds is 3. The molecule has 0 N–H and O–H groups in total. The van der Waals surface area contributed by atoms with Crippen LogP contribution in [0.4, 0.5) is 0 Å². The number of ketones is 2. The summed E-state index contributed by atoms with van der Waals surface area (Å²) in [5.41, 5.74) is 0.436. The molecule has 0 atom stereocenters. The van der Waals surface area contributed by atoms with E-state index in [4.69, 9.17) is 11.6 Å². The summed E-state index contributed by atoms with van der Waals surface area (Å²) in [6.45, 7) is 0. The normalized spacial score (nSPS) is 15.2. The van der Waals surface area contributed by atoms with Crippen LogP contribution in [0.25, 0.3) is 0 Å². The van der Waals surface area contributed by atoms with E-state index >= 15 is 0 Å². The van der Waals surface area contributed by atoms with Gasteiger partial charge < -0.3 is 0 Å². The number of carbonyl (C=O) groups excluding carboxylic acids is 2. The van der Waals surface area contributed by atoms with Crippen molar-refractivity contribution in [2.45, 2.75) is 12.8 Å². The van der Waals surface area contributed by atoms with E-state index < -0.39 is 0 Å². The van der Waals surface area contributed by atoms with Crippen LogP contribution in [-0.4, -0.2) is 11.6 Å². The lowest BCUT2D eigenvalue weighted by Gasteiger charge is -1.98. The summed E-state index contributed by atoms with van der Waals surface area (Å²) < 4.78 is 0. The maximum atomic E-state index is 11.5. The van der Waals surface area contributed by atoms with E-state index in [-0.39, 0.29) is 17.5 Å². The Hall–Kier alpha value is -1.15. The van der Waals surface area contributed by atoms with Crippen molar-refractivity contribution in [1.82, 2.24) is 0 Å². The first-order valence-electron chi connectivity index (χ1n) is 4.52. The maximum Gasteiger partial charge on any atom is 0.228 e. The fourth-order valence-electron chi connectivity index (χ4n) is 1.27. The molecule has 0 bridgehead atoms. The lowest BCUT2D eigenvalue weighted by Crippen LogP contribution is -2.15. The van der Waals surface area contributed by atoms with Crippen molar-refractivity contribution in [3.8, 4) is 0 Å². The molecule has 0 spiro atoms. The average Bonchev–Trinajstić information content (AvgIpc) is 3.00. The predicted octanol–water partition coefficient (Wildman–Crippen LogP) is 2.50. The van der Waals surface area contributed by atoms with E-state index in [0.717, 1.165) is 12.8 Å². The van der Waals surface area contributed by atoms with E-state index in [1.807, 2.05) is 0 Å². The second-order valence-corrected chi connectivity index (χ2v) is 3.91. The first kappa shape index (κ1) is 9.41. The molecule has 1 aromatic rings. The van der Waals surface area contributed by atoms with Crippen LogP contribution in [0.2, 0.25) is 5.02 Å². The van der Waals surface area contributed by atoms with Crippen LogP contribution < -0.4 is 0 Å². The topological polar surface area (TPSA) is 34.1 Å². The molecule has 2 rings (SSSR count). The molecule has 0 saturated heterocycles. The molecule has 1 aromatic carbocycles. The van der Waals surface area contributed by atoms with Gasteiger partial charge in [0.25, 0.3) is 0 Å². The number of hydrogen-bond donors (Lipinski definition) is 0. The summed E-state index contributed by atoms with van der Waals surface area (Å²) >= 11 is 5.67. The van der Waals surface area contributed by atoms with Crippen LogP contribution >= 0.6 is 11.6 Å². The molecule has 0 radical (unpaired) electrons. The molecule has 3 heteroatoms. The molecule has 0 amide bonds. The molecule has 0 aromatic heterocycles. The number of hydrogen-bond acceptors (Lipinski definition) is 2. The van der Waals surface area contributed by atoms with Crippen molar-refractivity contribution in [2.24, 2.45) is 5.92 Å². The maximum absolute atomic E-state index is 11.5. The highest BCUT2D eigenvalue weighted by Crippen LogP contribution is 2.31. The number of halogens is 1. The highest BCUT2D eigenvalue weighted by Gasteiger charge is 2.34. The third kappa shape index (κ3) is 1.85. The Morgan fingerprint density at radius 1 is 1.14 bits per heavy atom. The molecule has 0 aliphatic heterocycles. The molecule has 0 unspecified atom stereocenters. The SMILES string of the molecule is O=C(C(=O)C1CC1)c1ccc(Cl)cc1. The fraction of sp³-hybridized carbons (Fsp3) is 0.273. The van der Waals surface area contributed by atoms with Gasteiger partial charge in [0.05, 0.1) is 0 Å². The molecule has 0 heterocycles. The molecular formula is C11H9ClO2. The van der Waals surface area contributed by atoms with E-state index in [2.05, 4.69) is 0 Å². The monoisotopic (exact) mass is 208 g/mol. The van der Waals surface area contributed by atoms with Crippen molar-refractivity contribution in [3.63, 3.8) is 0 Å². The summed E-state index contributed by atoms with van der Waals surface area (Å²) in [5, 5.41) is 0.570. The summed E-state index contributed by atoms with van der Waals surface area (Å²) in [5.74, 6) is -0.658. The Labute approximate surface area is 86.9 Å². The van der Waals surface area contributed by atoms with E-state index in [1.165, 1.54) is 0 Å². The van der Waals surface area contributed by atoms with Crippen LogP contribution in [0.3, 0.4) is 0 Å². The number of benzene rings is 1. The van der Waals surface area contributed by atoms with Crippen molar-refractivity contribution in [2.75, 3.05) is 0 Å². The highest BCUT2D eigenvalue weighted by molar-refractivity contribution is 6.44. The highest BCUT2D eigenvalue weighted by atomic mass is 35.5. The van der Waals surface area contributed by atoms with Crippen LogP contribution in [0.5, 0.6) is 0 Å². The lowest BCUT2D eigenvalue weighted by atomic mass is 10.1. The summed E-state index contributed by atoms with van der Waals surface area (Å²) in [7, 11) is 0. The van der Waals surface area contributed by atoms with Crippen LogP contribution in [0.15, 0.2) is 24.3 Å². The first-order chi connectivity index (χ1) is 6.68. The van der Waals surface area contributed by atoms with Crippen molar-refractivity contribution in [3.05, 3.63) is 34.9 Å². The van der Waals surface area contributed by atoms with Gasteiger partial charge in [0.15, 0.2) is 0 Å². The zero-order valence-corrected chi connectivity index (χ0v) is 8.25. The zero-order valence-electron chi connectivity index (χ0n) is 7.50. The Kier molecular flexibility index (Phi) is 2.38. The van der Waals surface area contributed by atoms with Crippen LogP contribution in [0, 0.1) is 5.92 Å². The van der Waals surface area contributed by atoms with Crippen molar-refractivity contribution < 1.29 is 9.59 Å². The Morgan fingerprint density at radius 2 is 1.71 bits per heavy atom. The summed E-state index contributed by atoms with van der Waals surface area (Å²) in [6.07, 6.45) is 1.72. The second kappa shape index (κ2) is 3.54. The molecule has 14 heavy (non-hydrogen) atoms. The van der Waals surface area contributed by atoms with Crippen molar-refractivity contribution >= 4 is 23.2 Å². The van der Waals surface area contributed by atoms with Gasteiger partial charge >= 0.3 is 0 Å². The number of Topliss-reactive ketones (excluding diaryl/α,β-unsaturated/α-hetero) is 2. The summed E-state index contributed by atoms with van der Waals surface area (Å²) in [6, 6.07) is 6.42. The Bertz CT molecular complexity index is 377. The standard InChI is InChI=1S/C11H9ClO2/c12-9-5-3-8(4-6-9)11(14)10(13)7-1-2-7/h3-7H,1-2H2. The van der Waals surface area contributed by atoms with Gasteiger partial charge in [-0.05, 0) is 37.1 Å². The molecule has 72 valence electrons. The van der Waals surface area contributed by atoms with Gasteiger partial charge in [0, 0.05) is 16.5 Å². The molecule has 1 aliphatic carbocycles. The fourth-order valence-corrected chi connectivity index (χ4v) is 1.40. The molecule has 1 saturated carbocycles. The Balaban J connectivity index is 2.18. The first-order valence-corrected chi connectivity index (χ1v) is 4.90. The van der Waals surface area contributed by atoms with Gasteiger partial charge in [-0.25, -0.2) is 0 Å². The van der Waals surface area contributed by atoms with Gasteiger partial charge in [0.2, 0.25) is 11.6 Å². The van der Waals surface area contributed by atoms with Gasteiger partial charge in [-0.2, -0.15) is 0 Å². The molecule has 1 fully saturated rings. The van der Waals surface area contributed by atoms with E-state index in [1.54, 1.807) is 24.3 Å². The zero-order chi connectivity index (χ0) is 10.1. The summed E-state index contributed by atoms with van der Waals surface area (Å²) in [4.78, 5) is 23.0. The minimum Gasteiger partial charge on any atom is -0.290 e. The molecular weight excluding hydrogens is 200 g/mol. The second-order valence-electron chi connectivity index (χ2n) is 3.47. The van der Waals surface area contributed by atoms with Gasteiger partial charge in [-0.15, -0.1) is 0 Å². The van der Waals surface area contributed by atoms with E-state index in [0.29, 0.717) is 10.6 Å². The van der Waals surface area contributed by atoms with E-state index in [9.17, 15) is 9.59 Å². The van der Waals surface area contributed by atoms with Gasteiger partial charge in [0.1, 0.15) is 0 Å². The van der Waals surface area contributed by atoms with Crippen LogP contribution in [-0.2, 0) is 4.79 Å². The van der Waals surface area contributed by atoms with Crippen LogP contribution in [0.1, 0.15) is 23.2 Å². The minimum atomic E-state index is -0.385. The lowest BCUT2D eigenvalue weighted by molar-refractivity contribution is -0.116. The predicted molar refractivity (Wildman–Crippen MR) is 53.5 cm³/mol. The largest absolute Gasteiger partial charge is 0.290 e. The molecule has 2 nitrogen and oxygen atoms in total. The van der Waals surface area contributed by atoms with Gasteiger partial charge in [-0.3, -0.25) is 9.59 Å². The third-order valence-electron chi connectivity index (χ3n) is 2.28.